The minimum atomic E-state index is -4.41. The topological polar surface area (TPSA) is 27.7 Å². The predicted octanol–water partition coefficient (Wildman–Crippen LogP) is 6.42. The second kappa shape index (κ2) is 9.22. The van der Waals surface area contributed by atoms with Crippen molar-refractivity contribution in [3.05, 3.63) is 53.1 Å². The summed E-state index contributed by atoms with van der Waals surface area (Å²) in [5.74, 6) is 1.55. The van der Waals surface area contributed by atoms with Gasteiger partial charge in [-0.05, 0) is 36.1 Å². The van der Waals surface area contributed by atoms with Crippen LogP contribution in [0, 0.1) is 0 Å². The summed E-state index contributed by atoms with van der Waals surface area (Å²) in [6.07, 6.45) is -4.41. The SMILES string of the molecule is COc1cccc(OCCOc2cccc(C(F)(F)F)c2C(C)C)c1C(C)C. The fourth-order valence-electron chi connectivity index (χ4n) is 3.21. The number of benzene rings is 2. The number of halogens is 3. The molecule has 28 heavy (non-hydrogen) atoms. The molecule has 3 nitrogen and oxygen atoms in total. The molecule has 0 amide bonds. The highest BCUT2D eigenvalue weighted by atomic mass is 19.4. The molecule has 0 aliphatic heterocycles. The predicted molar refractivity (Wildman–Crippen MR) is 104 cm³/mol. The number of hydrogen-bond donors (Lipinski definition) is 0. The van der Waals surface area contributed by atoms with Crippen molar-refractivity contribution in [2.24, 2.45) is 0 Å². The maximum Gasteiger partial charge on any atom is 0.416 e. The Morgan fingerprint density at radius 1 is 0.750 bits per heavy atom. The van der Waals surface area contributed by atoms with Crippen LogP contribution in [0.3, 0.4) is 0 Å². The van der Waals surface area contributed by atoms with E-state index in [1.165, 1.54) is 6.07 Å². The molecule has 2 rings (SSSR count). The second-order valence-corrected chi connectivity index (χ2v) is 7.09. The number of ether oxygens (including phenoxy) is 3. The average Bonchev–Trinajstić information content (AvgIpc) is 2.63. The van der Waals surface area contributed by atoms with Crippen molar-refractivity contribution >= 4 is 0 Å². The lowest BCUT2D eigenvalue weighted by molar-refractivity contribution is -0.138. The Hall–Kier alpha value is -2.37. The Morgan fingerprint density at radius 2 is 1.21 bits per heavy atom. The van der Waals surface area contributed by atoms with Crippen molar-refractivity contribution in [1.29, 1.82) is 0 Å². The van der Waals surface area contributed by atoms with Gasteiger partial charge < -0.3 is 14.2 Å². The first-order valence-electron chi connectivity index (χ1n) is 9.29. The molecule has 0 atom stereocenters. The van der Waals surface area contributed by atoms with Crippen LogP contribution in [-0.2, 0) is 6.18 Å². The molecule has 0 spiro atoms. The van der Waals surface area contributed by atoms with Crippen molar-refractivity contribution in [2.45, 2.75) is 45.7 Å². The smallest absolute Gasteiger partial charge is 0.416 e. The van der Waals surface area contributed by atoms with E-state index >= 15 is 0 Å². The molecular formula is C22H27F3O3. The van der Waals surface area contributed by atoms with Gasteiger partial charge in [0.05, 0.1) is 12.7 Å². The van der Waals surface area contributed by atoms with Crippen molar-refractivity contribution in [3.63, 3.8) is 0 Å². The van der Waals surface area contributed by atoms with Gasteiger partial charge in [-0.2, -0.15) is 13.2 Å². The summed E-state index contributed by atoms with van der Waals surface area (Å²) in [6, 6.07) is 9.58. The van der Waals surface area contributed by atoms with Gasteiger partial charge in [0.15, 0.2) is 0 Å². The third-order valence-corrected chi connectivity index (χ3v) is 4.37. The first-order chi connectivity index (χ1) is 13.2. The zero-order valence-electron chi connectivity index (χ0n) is 16.9. The Labute approximate surface area is 164 Å². The molecule has 0 saturated heterocycles. The molecule has 6 heteroatoms. The van der Waals surface area contributed by atoms with E-state index in [-0.39, 0.29) is 36.4 Å². The van der Waals surface area contributed by atoms with Gasteiger partial charge in [-0.3, -0.25) is 0 Å². The Bertz CT molecular complexity index is 783. The molecule has 0 radical (unpaired) electrons. The van der Waals surface area contributed by atoms with Crippen LogP contribution in [0.2, 0.25) is 0 Å². The first-order valence-corrected chi connectivity index (χ1v) is 9.29. The Balaban J connectivity index is 2.11. The lowest BCUT2D eigenvalue weighted by Gasteiger charge is -2.20. The summed E-state index contributed by atoms with van der Waals surface area (Å²) in [7, 11) is 1.61. The van der Waals surface area contributed by atoms with Crippen LogP contribution in [-0.4, -0.2) is 20.3 Å². The summed E-state index contributed by atoms with van der Waals surface area (Å²) in [4.78, 5) is 0. The normalized spacial score (nSPS) is 11.8. The lowest BCUT2D eigenvalue weighted by Crippen LogP contribution is -2.15. The summed E-state index contributed by atoms with van der Waals surface area (Å²) >= 11 is 0. The zero-order chi connectivity index (χ0) is 20.9. The molecule has 0 fully saturated rings. The molecule has 0 saturated carbocycles. The standard InChI is InChI=1S/C22H27F3O3/c1-14(2)20-16(22(23,24)25)8-6-10-18(20)27-12-13-28-19-11-7-9-17(26-5)21(19)15(3)4/h6-11,14-15H,12-13H2,1-5H3. The fraction of sp³-hybridized carbons (Fsp3) is 0.455. The summed E-state index contributed by atoms with van der Waals surface area (Å²) < 4.78 is 56.8. The van der Waals surface area contributed by atoms with E-state index in [0.717, 1.165) is 17.4 Å². The molecule has 0 aromatic heterocycles. The lowest BCUT2D eigenvalue weighted by atomic mass is 9.95. The van der Waals surface area contributed by atoms with Crippen molar-refractivity contribution in [1.82, 2.24) is 0 Å². The summed E-state index contributed by atoms with van der Waals surface area (Å²) in [5.41, 5.74) is 0.460. The van der Waals surface area contributed by atoms with E-state index < -0.39 is 11.7 Å². The van der Waals surface area contributed by atoms with E-state index in [2.05, 4.69) is 0 Å². The second-order valence-electron chi connectivity index (χ2n) is 7.09. The van der Waals surface area contributed by atoms with Crippen LogP contribution in [0.4, 0.5) is 13.2 Å². The van der Waals surface area contributed by atoms with Crippen molar-refractivity contribution in [3.8, 4) is 17.2 Å². The quantitative estimate of drug-likeness (QED) is 0.482. The van der Waals surface area contributed by atoms with E-state index in [1.807, 2.05) is 32.0 Å². The molecule has 2 aromatic rings. The van der Waals surface area contributed by atoms with Crippen molar-refractivity contribution < 1.29 is 27.4 Å². The minimum Gasteiger partial charge on any atom is -0.496 e. The molecule has 0 heterocycles. The molecule has 0 unspecified atom stereocenters. The molecule has 0 aliphatic rings. The highest BCUT2D eigenvalue weighted by Gasteiger charge is 2.35. The van der Waals surface area contributed by atoms with Crippen LogP contribution >= 0.6 is 0 Å². The average molecular weight is 396 g/mol. The Kier molecular flexibility index (Phi) is 7.22. The van der Waals surface area contributed by atoms with Gasteiger partial charge in [-0.15, -0.1) is 0 Å². The molecule has 0 aliphatic carbocycles. The van der Waals surface area contributed by atoms with Crippen LogP contribution < -0.4 is 14.2 Å². The molecular weight excluding hydrogens is 369 g/mol. The maximum atomic E-state index is 13.3. The highest BCUT2D eigenvalue weighted by molar-refractivity contribution is 5.47. The maximum absolute atomic E-state index is 13.3. The molecule has 2 aromatic carbocycles. The third kappa shape index (κ3) is 5.12. The highest BCUT2D eigenvalue weighted by Crippen LogP contribution is 2.40. The van der Waals surface area contributed by atoms with Gasteiger partial charge in [-0.1, -0.05) is 39.8 Å². The van der Waals surface area contributed by atoms with Crippen LogP contribution in [0.25, 0.3) is 0 Å². The monoisotopic (exact) mass is 396 g/mol. The Morgan fingerprint density at radius 3 is 1.68 bits per heavy atom. The third-order valence-electron chi connectivity index (χ3n) is 4.37. The van der Waals surface area contributed by atoms with Crippen LogP contribution in [0.15, 0.2) is 36.4 Å². The van der Waals surface area contributed by atoms with E-state index in [0.29, 0.717) is 5.75 Å². The fourth-order valence-corrected chi connectivity index (χ4v) is 3.21. The first kappa shape index (κ1) is 21.9. The van der Waals surface area contributed by atoms with Gasteiger partial charge >= 0.3 is 6.18 Å². The molecule has 0 N–H and O–H groups in total. The van der Waals surface area contributed by atoms with Gasteiger partial charge in [0.1, 0.15) is 30.5 Å². The van der Waals surface area contributed by atoms with E-state index in [1.54, 1.807) is 27.0 Å². The number of alkyl halides is 3. The molecule has 154 valence electrons. The summed E-state index contributed by atoms with van der Waals surface area (Å²) in [5, 5.41) is 0. The number of methoxy groups -OCH3 is 1. The van der Waals surface area contributed by atoms with Crippen LogP contribution in [0.1, 0.15) is 56.2 Å². The molecule has 0 bridgehead atoms. The minimum absolute atomic E-state index is 0.135. The zero-order valence-corrected chi connectivity index (χ0v) is 16.9. The van der Waals surface area contributed by atoms with Gasteiger partial charge in [0.25, 0.3) is 0 Å². The largest absolute Gasteiger partial charge is 0.496 e. The number of hydrogen-bond acceptors (Lipinski definition) is 3. The van der Waals surface area contributed by atoms with E-state index in [4.69, 9.17) is 14.2 Å². The van der Waals surface area contributed by atoms with Gasteiger partial charge in [-0.25, -0.2) is 0 Å². The number of rotatable bonds is 8. The van der Waals surface area contributed by atoms with Gasteiger partial charge in [0, 0.05) is 11.1 Å². The van der Waals surface area contributed by atoms with E-state index in [9.17, 15) is 13.2 Å². The van der Waals surface area contributed by atoms with Gasteiger partial charge in [0.2, 0.25) is 0 Å². The van der Waals surface area contributed by atoms with Crippen LogP contribution in [0.5, 0.6) is 17.2 Å². The summed E-state index contributed by atoms with van der Waals surface area (Å²) in [6.45, 7) is 7.87. The van der Waals surface area contributed by atoms with Crippen molar-refractivity contribution in [2.75, 3.05) is 20.3 Å².